The third-order valence-electron chi connectivity index (χ3n) is 5.47. The minimum absolute atomic E-state index is 0.237. The second-order valence-electron chi connectivity index (χ2n) is 8.43. The first-order chi connectivity index (χ1) is 20.3. The van der Waals surface area contributed by atoms with Crippen LogP contribution in [0.3, 0.4) is 0 Å². The summed E-state index contributed by atoms with van der Waals surface area (Å²) in [5, 5.41) is 0. The van der Waals surface area contributed by atoms with Gasteiger partial charge in [-0.1, -0.05) is 72.8 Å². The van der Waals surface area contributed by atoms with Gasteiger partial charge in [-0.3, -0.25) is 9.59 Å². The maximum Gasteiger partial charge on any atom is 0.263 e. The molecule has 3 aromatic carbocycles. The van der Waals surface area contributed by atoms with Crippen LogP contribution in [-0.4, -0.2) is 47.1 Å². The molecule has 0 aromatic heterocycles. The summed E-state index contributed by atoms with van der Waals surface area (Å²) in [6.45, 7) is 0. The molecule has 0 saturated carbocycles. The molecule has 5 rings (SSSR count). The normalized spacial score (nSPS) is 14.8. The van der Waals surface area contributed by atoms with Crippen LogP contribution in [0.1, 0.15) is 65.0 Å². The Morgan fingerprint density at radius 3 is 1.07 bits per heavy atom. The molecule has 0 aliphatic carbocycles. The first kappa shape index (κ1) is 37.0. The highest BCUT2D eigenvalue weighted by Gasteiger charge is 2.21. The average molecular weight is 693 g/mol. The number of thioether (sulfide) groups is 4. The zero-order valence-electron chi connectivity index (χ0n) is 22.5. The lowest BCUT2D eigenvalue weighted by atomic mass is 10.1. The molecule has 0 spiro atoms. The first-order valence-corrected chi connectivity index (χ1v) is 18.2. The van der Waals surface area contributed by atoms with Crippen LogP contribution < -0.4 is 0 Å². The lowest BCUT2D eigenvalue weighted by molar-refractivity contribution is 0.111. The molecule has 2 saturated heterocycles. The number of rotatable bonds is 7. The van der Waals surface area contributed by atoms with Gasteiger partial charge in [0.05, 0.1) is 9.16 Å². The Kier molecular flexibility index (Phi) is 19.0. The van der Waals surface area contributed by atoms with Crippen LogP contribution in [0.15, 0.2) is 72.8 Å². The number of benzene rings is 3. The van der Waals surface area contributed by atoms with E-state index in [9.17, 15) is 27.2 Å². The fourth-order valence-corrected chi connectivity index (χ4v) is 9.07. The van der Waals surface area contributed by atoms with Gasteiger partial charge >= 0.3 is 0 Å². The van der Waals surface area contributed by atoms with Gasteiger partial charge in [-0.15, -0.1) is 47.0 Å². The van der Waals surface area contributed by atoms with E-state index in [1.54, 1.807) is 24.3 Å². The SMILES string of the molecule is FC(F)c1ccc(C(F)F)cc1.O=Cc1ccc(C=O)cc1.SCCS.c1cc(C2SCCS2)ccc1C1SCCS1. The summed E-state index contributed by atoms with van der Waals surface area (Å²) < 4.78 is 49.0. The minimum atomic E-state index is -2.60. The number of aldehydes is 2. The fourth-order valence-electron chi connectivity index (χ4n) is 3.35. The molecular formula is C30H32F4O2S6. The maximum atomic E-state index is 11.9. The Labute approximate surface area is 273 Å². The standard InChI is InChI=1S/C12H14S4.C8H6F4.C8H6O2.C2H6S2/c1-2-10(12-15-7-8-16-12)4-3-9(1)11-13-5-6-14-11;9-7(10)5-1-2-6(4-3-5)8(11)12;9-5-7-1-2-8(6-10)4-3-7;3-1-2-4/h1-4,11-12H,5-8H2;1-4,7-8H;1-6H;3-4H,1-2H2. The van der Waals surface area contributed by atoms with E-state index in [-0.39, 0.29) is 11.1 Å². The summed E-state index contributed by atoms with van der Waals surface area (Å²) in [4.78, 5) is 20.2. The Hall–Kier alpha value is -1.18. The van der Waals surface area contributed by atoms with Crippen molar-refractivity contribution >= 4 is 84.9 Å². The van der Waals surface area contributed by atoms with Crippen LogP contribution in [0.4, 0.5) is 17.6 Å². The lowest BCUT2D eigenvalue weighted by Gasteiger charge is -2.11. The Bertz CT molecular complexity index is 1060. The summed E-state index contributed by atoms with van der Waals surface area (Å²) in [7, 11) is 0. The summed E-state index contributed by atoms with van der Waals surface area (Å²) in [5.41, 5.74) is 3.71. The number of carbonyl (C=O) groups excluding carboxylic acids is 2. The van der Waals surface area contributed by atoms with Gasteiger partial charge in [0.1, 0.15) is 12.6 Å². The third-order valence-corrected chi connectivity index (χ3v) is 12.5. The van der Waals surface area contributed by atoms with Crippen molar-refractivity contribution in [3.63, 3.8) is 0 Å². The molecule has 0 N–H and O–H groups in total. The Morgan fingerprint density at radius 2 is 0.857 bits per heavy atom. The van der Waals surface area contributed by atoms with Crippen molar-refractivity contribution in [3.8, 4) is 0 Å². The predicted molar refractivity (Wildman–Crippen MR) is 183 cm³/mol. The highest BCUT2D eigenvalue weighted by molar-refractivity contribution is 8.19. The summed E-state index contributed by atoms with van der Waals surface area (Å²) in [6, 6.07) is 19.8. The molecule has 2 fully saturated rings. The molecule has 3 aromatic rings. The second-order valence-corrected chi connectivity index (χ2v) is 14.8. The van der Waals surface area contributed by atoms with Crippen LogP contribution in [0.2, 0.25) is 0 Å². The topological polar surface area (TPSA) is 34.1 Å². The lowest BCUT2D eigenvalue weighted by Crippen LogP contribution is -1.88. The number of hydrogen-bond donors (Lipinski definition) is 2. The molecule has 0 bridgehead atoms. The fraction of sp³-hybridized carbons (Fsp3) is 0.333. The average Bonchev–Trinajstić information content (AvgIpc) is 3.78. The monoisotopic (exact) mass is 692 g/mol. The number of carbonyl (C=O) groups is 2. The molecular weight excluding hydrogens is 661 g/mol. The number of hydrogen-bond acceptors (Lipinski definition) is 8. The van der Waals surface area contributed by atoms with Crippen LogP contribution >= 0.6 is 72.3 Å². The van der Waals surface area contributed by atoms with Crippen molar-refractivity contribution in [3.05, 3.63) is 106 Å². The van der Waals surface area contributed by atoms with Crippen molar-refractivity contribution in [2.24, 2.45) is 0 Å². The highest BCUT2D eigenvalue weighted by Crippen LogP contribution is 2.48. The van der Waals surface area contributed by atoms with E-state index in [0.717, 1.165) is 48.3 Å². The largest absolute Gasteiger partial charge is 0.298 e. The zero-order chi connectivity index (χ0) is 30.7. The van der Waals surface area contributed by atoms with Gasteiger partial charge in [0, 0.05) is 45.3 Å². The molecule has 0 amide bonds. The van der Waals surface area contributed by atoms with Gasteiger partial charge in [-0.2, -0.15) is 25.3 Å². The molecule has 0 radical (unpaired) electrons. The van der Waals surface area contributed by atoms with E-state index in [0.29, 0.717) is 20.3 Å². The first-order valence-electron chi connectivity index (χ1n) is 12.8. The molecule has 2 heterocycles. The third kappa shape index (κ3) is 13.6. The molecule has 2 aliphatic heterocycles. The summed E-state index contributed by atoms with van der Waals surface area (Å²) >= 11 is 16.0. The van der Waals surface area contributed by atoms with Gasteiger partial charge < -0.3 is 0 Å². The van der Waals surface area contributed by atoms with Crippen LogP contribution in [0.25, 0.3) is 0 Å². The van der Waals surface area contributed by atoms with Crippen molar-refractivity contribution < 1.29 is 27.2 Å². The van der Waals surface area contributed by atoms with Crippen molar-refractivity contribution in [2.75, 3.05) is 34.5 Å². The molecule has 2 nitrogen and oxygen atoms in total. The van der Waals surface area contributed by atoms with Crippen molar-refractivity contribution in [2.45, 2.75) is 22.0 Å². The Morgan fingerprint density at radius 1 is 0.571 bits per heavy atom. The second kappa shape index (κ2) is 21.5. The van der Waals surface area contributed by atoms with Gasteiger partial charge in [0.15, 0.2) is 0 Å². The van der Waals surface area contributed by atoms with E-state index in [1.165, 1.54) is 34.1 Å². The molecule has 0 atom stereocenters. The van der Waals surface area contributed by atoms with Gasteiger partial charge in [-0.05, 0) is 22.6 Å². The quantitative estimate of drug-likeness (QED) is 0.146. The number of thiol groups is 2. The number of alkyl halides is 4. The van der Waals surface area contributed by atoms with E-state index < -0.39 is 12.9 Å². The molecule has 12 heteroatoms. The highest BCUT2D eigenvalue weighted by atomic mass is 32.2. The van der Waals surface area contributed by atoms with Crippen LogP contribution in [0.5, 0.6) is 0 Å². The molecule has 42 heavy (non-hydrogen) atoms. The zero-order valence-corrected chi connectivity index (χ0v) is 27.5. The Balaban J connectivity index is 0.000000213. The smallest absolute Gasteiger partial charge is 0.263 e. The van der Waals surface area contributed by atoms with E-state index in [4.69, 9.17) is 0 Å². The van der Waals surface area contributed by atoms with Gasteiger partial charge in [0.25, 0.3) is 12.9 Å². The summed E-state index contributed by atoms with van der Waals surface area (Å²) in [6.07, 6.45) is -3.71. The van der Waals surface area contributed by atoms with Gasteiger partial charge in [-0.25, -0.2) is 17.6 Å². The predicted octanol–water partition coefficient (Wildman–Crippen LogP) is 10.4. The van der Waals surface area contributed by atoms with E-state index in [1.807, 2.05) is 0 Å². The summed E-state index contributed by atoms with van der Waals surface area (Å²) in [5.74, 6) is 7.00. The molecule has 228 valence electrons. The van der Waals surface area contributed by atoms with Crippen LogP contribution in [0, 0.1) is 0 Å². The maximum absolute atomic E-state index is 11.9. The van der Waals surface area contributed by atoms with Crippen LogP contribution in [-0.2, 0) is 0 Å². The number of halogens is 4. The van der Waals surface area contributed by atoms with Crippen molar-refractivity contribution in [1.82, 2.24) is 0 Å². The molecule has 0 unspecified atom stereocenters. The van der Waals surface area contributed by atoms with Gasteiger partial charge in [0.2, 0.25) is 0 Å². The van der Waals surface area contributed by atoms with Crippen molar-refractivity contribution in [1.29, 1.82) is 0 Å². The minimum Gasteiger partial charge on any atom is -0.298 e. The molecule has 2 aliphatic rings. The van der Waals surface area contributed by atoms with E-state index >= 15 is 0 Å². The van der Waals surface area contributed by atoms with E-state index in [2.05, 4.69) is 96.6 Å².